The number of carbonyl (C=O) groups excluding carboxylic acids is 4. The maximum atomic E-state index is 13.1. The van der Waals surface area contributed by atoms with Gasteiger partial charge in [-0.2, -0.15) is 4.98 Å². The number of nitrogens with one attached hydrogen (secondary N) is 6. The summed E-state index contributed by atoms with van der Waals surface area (Å²) in [5.74, 6) is -1.30. The highest BCUT2D eigenvalue weighted by molar-refractivity contribution is 8.76. The van der Waals surface area contributed by atoms with Crippen LogP contribution in [0.15, 0.2) is 59.9 Å². The number of hydrogen-bond acceptors (Lipinski definition) is 15. The van der Waals surface area contributed by atoms with Gasteiger partial charge in [0.05, 0.1) is 18.4 Å². The van der Waals surface area contributed by atoms with Gasteiger partial charge in [0, 0.05) is 29.6 Å². The minimum absolute atomic E-state index is 0.00257. The van der Waals surface area contributed by atoms with Crippen molar-refractivity contribution in [1.82, 2.24) is 41.1 Å². The molecule has 0 unspecified atom stereocenters. The SMILES string of the molecule is CC(C)(C)OC(=O)[C@H](CCC(=O)NNC(=O)OCCSSc1ccccn1)NC(=O)c1ccc(NCc2cnc3nc(N)[nH]c(=N)c3n2)cc1. The van der Waals surface area contributed by atoms with Gasteiger partial charge in [-0.05, 0) is 74.4 Å². The highest BCUT2D eigenvalue weighted by Crippen LogP contribution is 2.28. The van der Waals surface area contributed by atoms with Crippen molar-refractivity contribution in [3.8, 4) is 0 Å². The molecule has 1 aromatic carbocycles. The summed E-state index contributed by atoms with van der Waals surface area (Å²) < 4.78 is 10.5. The Hall–Kier alpha value is -5.43. The number of ether oxygens (including phenoxy) is 2. The number of hydrogen-bond donors (Lipinski definition) is 7. The van der Waals surface area contributed by atoms with E-state index in [0.717, 1.165) is 5.03 Å². The number of amides is 3. The summed E-state index contributed by atoms with van der Waals surface area (Å²) >= 11 is 0. The fraction of sp³-hybridized carbons (Fsp3) is 0.323. The van der Waals surface area contributed by atoms with Gasteiger partial charge in [-0.25, -0.2) is 30.0 Å². The van der Waals surface area contributed by atoms with Crippen LogP contribution in [0.25, 0.3) is 11.2 Å². The molecule has 50 heavy (non-hydrogen) atoms. The van der Waals surface area contributed by atoms with E-state index in [9.17, 15) is 19.2 Å². The van der Waals surface area contributed by atoms with E-state index in [1.54, 1.807) is 51.2 Å². The van der Waals surface area contributed by atoms with E-state index in [4.69, 9.17) is 20.6 Å². The van der Waals surface area contributed by atoms with E-state index in [-0.39, 0.29) is 54.2 Å². The number of nitrogen functional groups attached to an aromatic ring is 1. The van der Waals surface area contributed by atoms with Crippen LogP contribution in [0.5, 0.6) is 0 Å². The third kappa shape index (κ3) is 12.2. The zero-order valence-electron chi connectivity index (χ0n) is 27.4. The predicted octanol–water partition coefficient (Wildman–Crippen LogP) is 2.84. The van der Waals surface area contributed by atoms with Crippen molar-refractivity contribution in [3.05, 3.63) is 71.6 Å². The zero-order valence-corrected chi connectivity index (χ0v) is 29.1. The van der Waals surface area contributed by atoms with Gasteiger partial charge in [-0.1, -0.05) is 16.9 Å². The van der Waals surface area contributed by atoms with Gasteiger partial charge in [0.2, 0.25) is 11.9 Å². The van der Waals surface area contributed by atoms with Crippen LogP contribution in [0.2, 0.25) is 0 Å². The number of esters is 1. The Bertz CT molecular complexity index is 1850. The molecule has 0 spiro atoms. The number of hydrazine groups is 1. The van der Waals surface area contributed by atoms with Crippen molar-refractivity contribution < 1.29 is 28.7 Å². The van der Waals surface area contributed by atoms with Crippen molar-refractivity contribution in [2.45, 2.75) is 56.8 Å². The topological polar surface area (TPSA) is 252 Å². The van der Waals surface area contributed by atoms with Crippen LogP contribution in [-0.4, -0.2) is 72.8 Å². The molecular weight excluding hydrogens is 687 g/mol. The largest absolute Gasteiger partial charge is 0.458 e. The maximum Gasteiger partial charge on any atom is 0.426 e. The maximum absolute atomic E-state index is 13.1. The molecule has 3 amide bonds. The van der Waals surface area contributed by atoms with E-state index in [2.05, 4.69) is 46.4 Å². The summed E-state index contributed by atoms with van der Waals surface area (Å²) in [5, 5.41) is 14.7. The summed E-state index contributed by atoms with van der Waals surface area (Å²) in [7, 11) is 2.91. The predicted molar refractivity (Wildman–Crippen MR) is 187 cm³/mol. The van der Waals surface area contributed by atoms with Crippen LogP contribution in [0.1, 0.15) is 49.7 Å². The first kappa shape index (κ1) is 37.4. The Kier molecular flexibility index (Phi) is 13.3. The van der Waals surface area contributed by atoms with Crippen molar-refractivity contribution in [3.63, 3.8) is 0 Å². The van der Waals surface area contributed by atoms with Gasteiger partial charge in [-0.3, -0.25) is 20.4 Å². The second kappa shape index (κ2) is 17.8. The molecule has 8 N–H and O–H groups in total. The quantitative estimate of drug-likeness (QED) is 0.0428. The first-order valence-corrected chi connectivity index (χ1v) is 17.5. The molecule has 1 atom stereocenters. The van der Waals surface area contributed by atoms with Gasteiger partial charge in [0.25, 0.3) is 5.91 Å². The molecule has 0 fully saturated rings. The molecule has 0 aliphatic carbocycles. The molecule has 4 aromatic rings. The lowest BCUT2D eigenvalue weighted by molar-refractivity contribution is -0.157. The fourth-order valence-electron chi connectivity index (χ4n) is 4.04. The average molecular weight is 724 g/mol. The lowest BCUT2D eigenvalue weighted by Gasteiger charge is -2.24. The average Bonchev–Trinajstić information content (AvgIpc) is 3.08. The number of fused-ring (bicyclic) bond motifs is 1. The standard InChI is InChI=1S/C31H37N11O6S2/c1-31(2,3)48-28(45)21(11-12-22(43)41-42-30(46)47-14-15-49-50-23-6-4-5-13-34-23)38-27(44)18-7-9-19(10-8-18)35-16-20-17-36-26-24(37-20)25(32)39-29(33)40-26/h4-10,13,17,21,35H,11-12,14-16H2,1-3H3,(H,38,44)(H,41,43)(H,42,46)(H4,32,33,36,39,40)/t21-/m0/s1. The second-order valence-corrected chi connectivity index (χ2v) is 13.9. The molecule has 3 aromatic heterocycles. The summed E-state index contributed by atoms with van der Waals surface area (Å²) in [5.41, 5.74) is 11.2. The van der Waals surface area contributed by atoms with Crippen LogP contribution in [0.3, 0.4) is 0 Å². The summed E-state index contributed by atoms with van der Waals surface area (Å²) in [4.78, 5) is 69.9. The van der Waals surface area contributed by atoms with Crippen molar-refractivity contribution >= 4 is 68.3 Å². The second-order valence-electron chi connectivity index (χ2n) is 11.4. The first-order chi connectivity index (χ1) is 23.9. The number of H-pyrrole nitrogens is 1. The molecule has 0 bridgehead atoms. The third-order valence-electron chi connectivity index (χ3n) is 6.28. The zero-order chi connectivity index (χ0) is 36.1. The van der Waals surface area contributed by atoms with E-state index in [0.29, 0.717) is 17.1 Å². The number of nitrogens with zero attached hydrogens (tertiary/aromatic N) is 4. The molecule has 17 nitrogen and oxygen atoms in total. The number of pyridine rings is 1. The number of aromatic nitrogens is 5. The Morgan fingerprint density at radius 2 is 1.82 bits per heavy atom. The summed E-state index contributed by atoms with van der Waals surface area (Å²) in [6, 6.07) is 10.9. The number of benzene rings is 1. The van der Waals surface area contributed by atoms with Gasteiger partial charge in [0.15, 0.2) is 16.7 Å². The normalized spacial score (nSPS) is 11.7. The number of nitrogens with two attached hydrogens (primary N) is 1. The van der Waals surface area contributed by atoms with Crippen molar-refractivity contribution in [2.75, 3.05) is 23.4 Å². The van der Waals surface area contributed by atoms with Crippen LogP contribution in [-0.2, 0) is 25.6 Å². The third-order valence-corrected chi connectivity index (χ3v) is 8.51. The van der Waals surface area contributed by atoms with Gasteiger partial charge >= 0.3 is 12.1 Å². The van der Waals surface area contributed by atoms with Gasteiger partial charge in [0.1, 0.15) is 23.3 Å². The first-order valence-electron chi connectivity index (χ1n) is 15.2. The Morgan fingerprint density at radius 1 is 1.04 bits per heavy atom. The molecular formula is C31H37N11O6S2. The summed E-state index contributed by atoms with van der Waals surface area (Å²) in [6.45, 7) is 5.45. The minimum atomic E-state index is -1.15. The van der Waals surface area contributed by atoms with Crippen LogP contribution < -0.4 is 32.7 Å². The minimum Gasteiger partial charge on any atom is -0.458 e. The van der Waals surface area contributed by atoms with Gasteiger partial charge < -0.3 is 30.8 Å². The van der Waals surface area contributed by atoms with Crippen LogP contribution in [0, 0.1) is 5.41 Å². The van der Waals surface area contributed by atoms with Crippen LogP contribution in [0.4, 0.5) is 16.4 Å². The Labute approximate surface area is 294 Å². The molecule has 4 rings (SSSR count). The number of rotatable bonds is 14. The molecule has 0 saturated carbocycles. The van der Waals surface area contributed by atoms with Crippen LogP contribution >= 0.6 is 21.6 Å². The molecule has 3 heterocycles. The molecule has 0 saturated heterocycles. The number of anilines is 2. The highest BCUT2D eigenvalue weighted by atomic mass is 33.1. The molecule has 0 radical (unpaired) electrons. The number of aromatic amines is 1. The Morgan fingerprint density at radius 3 is 2.54 bits per heavy atom. The monoisotopic (exact) mass is 723 g/mol. The van der Waals surface area contributed by atoms with E-state index in [1.807, 2.05) is 18.2 Å². The molecule has 0 aliphatic heterocycles. The molecule has 0 aliphatic rings. The lowest BCUT2D eigenvalue weighted by atomic mass is 10.1. The van der Waals surface area contributed by atoms with Crippen molar-refractivity contribution in [2.24, 2.45) is 0 Å². The fourth-order valence-corrected chi connectivity index (χ4v) is 5.75. The molecule has 19 heteroatoms. The van der Waals surface area contributed by atoms with E-state index >= 15 is 0 Å². The summed E-state index contributed by atoms with van der Waals surface area (Å²) in [6.07, 6.45) is 2.05. The lowest BCUT2D eigenvalue weighted by Crippen LogP contribution is -2.46. The molecule has 264 valence electrons. The van der Waals surface area contributed by atoms with Crippen molar-refractivity contribution in [1.29, 1.82) is 5.41 Å². The number of carbonyl (C=O) groups is 4. The van der Waals surface area contributed by atoms with Gasteiger partial charge in [-0.15, -0.1) is 0 Å². The Balaban J connectivity index is 1.24. The van der Waals surface area contributed by atoms with E-state index < -0.39 is 35.5 Å². The highest BCUT2D eigenvalue weighted by Gasteiger charge is 2.28. The smallest absolute Gasteiger partial charge is 0.426 e. The van der Waals surface area contributed by atoms with E-state index in [1.165, 1.54) is 27.8 Å².